The number of hydrogen-bond acceptors (Lipinski definition) is 5. The molecule has 0 atom stereocenters. The van der Waals surface area contributed by atoms with Crippen LogP contribution in [0.15, 0.2) is 0 Å². The third-order valence-corrected chi connectivity index (χ3v) is 3.55. The van der Waals surface area contributed by atoms with Crippen LogP contribution in [0.1, 0.15) is 20.8 Å². The highest BCUT2D eigenvalue weighted by atomic mass is 31.2. The van der Waals surface area contributed by atoms with Crippen molar-refractivity contribution in [3.05, 3.63) is 0 Å². The van der Waals surface area contributed by atoms with Gasteiger partial charge in [-0.25, -0.2) is 14.0 Å². The Hall–Kier alpha value is -0.580. The Labute approximate surface area is 90.1 Å². The summed E-state index contributed by atoms with van der Waals surface area (Å²) >= 11 is 0. The molecular formula is C8H18NO5P. The van der Waals surface area contributed by atoms with Gasteiger partial charge in [-0.3, -0.25) is 9.05 Å². The lowest BCUT2D eigenvalue weighted by atomic mass is 10.9. The molecule has 7 heteroatoms. The Morgan fingerprint density at radius 2 is 1.60 bits per heavy atom. The molecule has 0 saturated carbocycles. The van der Waals surface area contributed by atoms with Crippen LogP contribution in [0.3, 0.4) is 0 Å². The van der Waals surface area contributed by atoms with Crippen LogP contribution in [0.4, 0.5) is 4.79 Å². The molecule has 0 N–H and O–H groups in total. The SMILES string of the molecule is CCOC(=O)N(C)P(=O)(OCC)OCC. The summed E-state index contributed by atoms with van der Waals surface area (Å²) < 4.78 is 27.5. The normalized spacial score (nSPS) is 11.2. The maximum Gasteiger partial charge on any atom is 0.439 e. The zero-order valence-corrected chi connectivity index (χ0v) is 10.5. The smallest absolute Gasteiger partial charge is 0.439 e. The molecule has 0 rings (SSSR count). The van der Waals surface area contributed by atoms with Crippen molar-refractivity contribution in [2.24, 2.45) is 0 Å². The maximum absolute atomic E-state index is 12.0. The standard InChI is InChI=1S/C8H18NO5P/c1-5-12-8(10)9(4)15(11,13-6-2)14-7-3/h5-7H2,1-4H3. The zero-order valence-electron chi connectivity index (χ0n) is 9.56. The molecule has 0 saturated heterocycles. The van der Waals surface area contributed by atoms with Crippen LogP contribution in [0.5, 0.6) is 0 Å². The van der Waals surface area contributed by atoms with Gasteiger partial charge in [-0.15, -0.1) is 0 Å². The summed E-state index contributed by atoms with van der Waals surface area (Å²) in [7, 11) is -2.21. The van der Waals surface area contributed by atoms with Gasteiger partial charge in [-0.2, -0.15) is 0 Å². The van der Waals surface area contributed by atoms with E-state index in [9.17, 15) is 9.36 Å². The quantitative estimate of drug-likeness (QED) is 0.665. The van der Waals surface area contributed by atoms with Gasteiger partial charge in [0.15, 0.2) is 0 Å². The van der Waals surface area contributed by atoms with Gasteiger partial charge in [0, 0.05) is 7.05 Å². The molecule has 1 amide bonds. The fourth-order valence-corrected chi connectivity index (χ4v) is 2.18. The van der Waals surface area contributed by atoms with Crippen LogP contribution >= 0.6 is 7.75 Å². The van der Waals surface area contributed by atoms with E-state index in [1.807, 2.05) is 0 Å². The van der Waals surface area contributed by atoms with Gasteiger partial charge in [-0.05, 0) is 20.8 Å². The minimum atomic E-state index is -3.54. The van der Waals surface area contributed by atoms with Gasteiger partial charge in [0.05, 0.1) is 19.8 Å². The summed E-state index contributed by atoms with van der Waals surface area (Å²) in [5.74, 6) is 0. The molecule has 0 aromatic rings. The van der Waals surface area contributed by atoms with E-state index in [2.05, 4.69) is 0 Å². The van der Waals surface area contributed by atoms with Crippen LogP contribution in [-0.2, 0) is 18.3 Å². The molecular weight excluding hydrogens is 221 g/mol. The lowest BCUT2D eigenvalue weighted by Gasteiger charge is -2.25. The van der Waals surface area contributed by atoms with E-state index in [1.165, 1.54) is 7.05 Å². The van der Waals surface area contributed by atoms with Crippen LogP contribution in [0.25, 0.3) is 0 Å². The number of rotatable bonds is 6. The number of nitrogens with zero attached hydrogens (tertiary/aromatic N) is 1. The summed E-state index contributed by atoms with van der Waals surface area (Å²) in [6.07, 6.45) is -0.720. The van der Waals surface area contributed by atoms with Crippen molar-refractivity contribution >= 4 is 13.8 Å². The first kappa shape index (κ1) is 14.4. The summed E-state index contributed by atoms with van der Waals surface area (Å²) in [5.41, 5.74) is 0. The molecule has 6 nitrogen and oxygen atoms in total. The van der Waals surface area contributed by atoms with Gasteiger partial charge >= 0.3 is 13.8 Å². The molecule has 0 aliphatic carbocycles. The number of amides is 1. The maximum atomic E-state index is 12.0. The van der Waals surface area contributed by atoms with Crippen LogP contribution in [0.2, 0.25) is 0 Å². The Morgan fingerprint density at radius 1 is 1.13 bits per heavy atom. The molecule has 15 heavy (non-hydrogen) atoms. The molecule has 0 fully saturated rings. The first-order valence-corrected chi connectivity index (χ1v) is 6.31. The zero-order chi connectivity index (χ0) is 11.9. The molecule has 0 aliphatic heterocycles. The average Bonchev–Trinajstić information content (AvgIpc) is 2.17. The molecule has 0 aliphatic rings. The van der Waals surface area contributed by atoms with Crippen LogP contribution in [0, 0.1) is 0 Å². The van der Waals surface area contributed by atoms with E-state index in [4.69, 9.17) is 13.8 Å². The van der Waals surface area contributed by atoms with E-state index < -0.39 is 13.8 Å². The van der Waals surface area contributed by atoms with E-state index in [0.29, 0.717) is 0 Å². The molecule has 0 unspecified atom stereocenters. The predicted molar refractivity (Wildman–Crippen MR) is 55.6 cm³/mol. The highest BCUT2D eigenvalue weighted by Crippen LogP contribution is 2.51. The predicted octanol–water partition coefficient (Wildman–Crippen LogP) is 2.26. The molecule has 0 spiro atoms. The lowest BCUT2D eigenvalue weighted by Crippen LogP contribution is -2.26. The van der Waals surface area contributed by atoms with Crippen LogP contribution in [-0.4, -0.2) is 37.6 Å². The van der Waals surface area contributed by atoms with Crippen molar-refractivity contribution in [2.75, 3.05) is 26.9 Å². The monoisotopic (exact) mass is 239 g/mol. The Kier molecular flexibility index (Phi) is 6.56. The molecule has 0 heterocycles. The van der Waals surface area contributed by atoms with E-state index in [1.54, 1.807) is 20.8 Å². The van der Waals surface area contributed by atoms with Crippen molar-refractivity contribution in [2.45, 2.75) is 20.8 Å². The molecule has 0 aromatic carbocycles. The molecule has 0 aromatic heterocycles. The lowest BCUT2D eigenvalue weighted by molar-refractivity contribution is 0.116. The van der Waals surface area contributed by atoms with E-state index >= 15 is 0 Å². The molecule has 0 bridgehead atoms. The third-order valence-electron chi connectivity index (χ3n) is 1.48. The largest absolute Gasteiger partial charge is 0.449 e. The van der Waals surface area contributed by atoms with E-state index in [0.717, 1.165) is 4.67 Å². The Morgan fingerprint density at radius 3 is 1.93 bits per heavy atom. The number of carbonyl (C=O) groups is 1. The number of carbonyl (C=O) groups excluding carboxylic acids is 1. The van der Waals surface area contributed by atoms with Crippen molar-refractivity contribution in [3.8, 4) is 0 Å². The minimum Gasteiger partial charge on any atom is -0.449 e. The highest BCUT2D eigenvalue weighted by molar-refractivity contribution is 7.52. The number of ether oxygens (including phenoxy) is 1. The summed E-state index contributed by atoms with van der Waals surface area (Å²) in [5, 5.41) is 0. The van der Waals surface area contributed by atoms with Crippen molar-refractivity contribution in [3.63, 3.8) is 0 Å². The summed E-state index contributed by atoms with van der Waals surface area (Å²) in [4.78, 5) is 11.3. The van der Waals surface area contributed by atoms with Gasteiger partial charge in [0.2, 0.25) is 0 Å². The van der Waals surface area contributed by atoms with Crippen molar-refractivity contribution in [1.29, 1.82) is 0 Å². The Balaban J connectivity index is 4.60. The minimum absolute atomic E-state index is 0.195. The topological polar surface area (TPSA) is 65.1 Å². The van der Waals surface area contributed by atoms with Crippen LogP contribution < -0.4 is 0 Å². The fraction of sp³-hybridized carbons (Fsp3) is 0.875. The summed E-state index contributed by atoms with van der Waals surface area (Å²) in [6, 6.07) is 0. The van der Waals surface area contributed by atoms with Crippen molar-refractivity contribution in [1.82, 2.24) is 4.67 Å². The average molecular weight is 239 g/mol. The highest BCUT2D eigenvalue weighted by Gasteiger charge is 2.34. The number of hydrogen-bond donors (Lipinski definition) is 0. The first-order valence-electron chi connectivity index (χ1n) is 4.81. The second-order valence-corrected chi connectivity index (χ2v) is 4.58. The third kappa shape index (κ3) is 4.20. The van der Waals surface area contributed by atoms with Gasteiger partial charge in [-0.1, -0.05) is 0 Å². The van der Waals surface area contributed by atoms with Gasteiger partial charge < -0.3 is 4.74 Å². The fourth-order valence-electron chi connectivity index (χ4n) is 0.854. The van der Waals surface area contributed by atoms with E-state index in [-0.39, 0.29) is 19.8 Å². The Bertz CT molecular complexity index is 235. The van der Waals surface area contributed by atoms with Crippen molar-refractivity contribution < 1.29 is 23.1 Å². The second-order valence-electron chi connectivity index (χ2n) is 2.53. The second kappa shape index (κ2) is 6.82. The molecule has 0 radical (unpaired) electrons. The van der Waals surface area contributed by atoms with Gasteiger partial charge in [0.1, 0.15) is 0 Å². The molecule has 90 valence electrons. The van der Waals surface area contributed by atoms with Gasteiger partial charge in [0.25, 0.3) is 0 Å². The first-order chi connectivity index (χ1) is 7.01. The summed E-state index contributed by atoms with van der Waals surface area (Å²) in [6.45, 7) is 5.61.